The lowest BCUT2D eigenvalue weighted by atomic mass is 9.68. The molecule has 0 spiro atoms. The molecule has 0 aromatic heterocycles. The van der Waals surface area contributed by atoms with Crippen LogP contribution in [-0.4, -0.2) is 0 Å². The molecule has 2 aliphatic carbocycles. The Hall–Kier alpha value is -1.29. The van der Waals surface area contributed by atoms with Gasteiger partial charge in [0.2, 0.25) is 0 Å². The highest BCUT2D eigenvalue weighted by Gasteiger charge is 2.30. The third kappa shape index (κ3) is 5.34. The van der Waals surface area contributed by atoms with Gasteiger partial charge in [-0.25, -0.2) is 0 Å². The lowest BCUT2D eigenvalue weighted by Crippen LogP contribution is -2.26. The molecule has 2 saturated carbocycles. The Labute approximate surface area is 154 Å². The fourth-order valence-corrected chi connectivity index (χ4v) is 5.42. The Morgan fingerprint density at radius 1 is 0.800 bits per heavy atom. The molecule has 0 saturated heterocycles. The second kappa shape index (κ2) is 9.42. The molecule has 0 atom stereocenters. The average Bonchev–Trinajstić information content (AvgIpc) is 2.68. The van der Waals surface area contributed by atoms with Crippen LogP contribution in [0.15, 0.2) is 24.3 Å². The highest BCUT2D eigenvalue weighted by molar-refractivity contribution is 5.31. The van der Waals surface area contributed by atoms with Gasteiger partial charge in [0.15, 0.2) is 0 Å². The molecular weight excluding hydrogens is 302 g/mol. The van der Waals surface area contributed by atoms with Gasteiger partial charge in [0.05, 0.1) is 11.6 Å². The molecule has 1 heteroatoms. The maximum Gasteiger partial charge on any atom is 0.0991 e. The van der Waals surface area contributed by atoms with Crippen LogP contribution < -0.4 is 0 Å². The molecule has 0 bridgehead atoms. The molecule has 0 amide bonds. The number of aryl methyl sites for hydroxylation is 1. The number of nitrogens with zero attached hydrogens (tertiary/aromatic N) is 1. The van der Waals surface area contributed by atoms with Crippen molar-refractivity contribution in [3.8, 4) is 6.07 Å². The molecule has 0 heterocycles. The average molecular weight is 338 g/mol. The highest BCUT2D eigenvalue weighted by atomic mass is 14.4. The number of benzene rings is 1. The predicted octanol–water partition coefficient (Wildman–Crippen LogP) is 6.90. The van der Waals surface area contributed by atoms with Gasteiger partial charge in [0, 0.05) is 0 Å². The van der Waals surface area contributed by atoms with Crippen molar-refractivity contribution in [2.24, 2.45) is 23.7 Å². The minimum Gasteiger partial charge on any atom is -0.192 e. The topological polar surface area (TPSA) is 23.8 Å². The van der Waals surface area contributed by atoms with Gasteiger partial charge in [-0.1, -0.05) is 57.6 Å². The van der Waals surface area contributed by atoms with Crippen LogP contribution in [0, 0.1) is 35.0 Å². The Morgan fingerprint density at radius 3 is 1.80 bits per heavy atom. The summed E-state index contributed by atoms with van der Waals surface area (Å²) in [6, 6.07) is 10.4. The van der Waals surface area contributed by atoms with Gasteiger partial charge in [0.1, 0.15) is 0 Å². The first-order chi connectivity index (χ1) is 12.3. The Kier molecular flexibility index (Phi) is 6.97. The third-order valence-electron chi connectivity index (χ3n) is 7.07. The van der Waals surface area contributed by atoms with Crippen molar-refractivity contribution in [3.05, 3.63) is 35.4 Å². The van der Waals surface area contributed by atoms with Crippen LogP contribution in [0.3, 0.4) is 0 Å². The molecule has 0 N–H and O–H groups in total. The smallest absolute Gasteiger partial charge is 0.0991 e. The van der Waals surface area contributed by atoms with Gasteiger partial charge < -0.3 is 0 Å². The van der Waals surface area contributed by atoms with Gasteiger partial charge >= 0.3 is 0 Å². The van der Waals surface area contributed by atoms with Crippen LogP contribution in [0.1, 0.15) is 88.7 Å². The van der Waals surface area contributed by atoms with E-state index in [4.69, 9.17) is 5.26 Å². The van der Waals surface area contributed by atoms with E-state index in [1.165, 1.54) is 82.6 Å². The molecule has 2 aliphatic rings. The van der Waals surface area contributed by atoms with Gasteiger partial charge in [-0.3, -0.25) is 0 Å². The summed E-state index contributed by atoms with van der Waals surface area (Å²) in [5, 5.41) is 8.89. The van der Waals surface area contributed by atoms with Crippen molar-refractivity contribution in [2.75, 3.05) is 0 Å². The standard InChI is InChI=1S/C24H35N/c1-2-3-19-10-14-23(15-11-19)24-16-12-21(13-17-24)5-4-20-6-8-22(18-25)9-7-20/h6-9,19,21,23-24H,2-5,10-17H2,1H3/t19-,21-,23-,24-. The van der Waals surface area contributed by atoms with Gasteiger partial charge in [-0.15, -0.1) is 0 Å². The fraction of sp³-hybridized carbons (Fsp3) is 0.708. The molecule has 0 aliphatic heterocycles. The van der Waals surface area contributed by atoms with Crippen molar-refractivity contribution in [3.63, 3.8) is 0 Å². The molecule has 1 aromatic carbocycles. The molecule has 0 radical (unpaired) electrons. The molecule has 2 fully saturated rings. The first kappa shape index (κ1) is 18.5. The largest absolute Gasteiger partial charge is 0.192 e. The normalized spacial score (nSPS) is 29.9. The third-order valence-corrected chi connectivity index (χ3v) is 7.07. The summed E-state index contributed by atoms with van der Waals surface area (Å²) in [5.74, 6) is 4.06. The van der Waals surface area contributed by atoms with E-state index in [1.807, 2.05) is 12.1 Å². The van der Waals surface area contributed by atoms with Crippen LogP contribution in [0.4, 0.5) is 0 Å². The van der Waals surface area contributed by atoms with E-state index in [2.05, 4.69) is 25.1 Å². The van der Waals surface area contributed by atoms with E-state index in [1.54, 1.807) is 0 Å². The van der Waals surface area contributed by atoms with Crippen molar-refractivity contribution in [1.82, 2.24) is 0 Å². The Morgan fingerprint density at radius 2 is 1.32 bits per heavy atom. The van der Waals surface area contributed by atoms with E-state index in [-0.39, 0.29) is 0 Å². The molecule has 0 unspecified atom stereocenters. The first-order valence-electron chi connectivity index (χ1n) is 10.8. The molecule has 1 aromatic rings. The number of hydrogen-bond acceptors (Lipinski definition) is 1. The maximum atomic E-state index is 8.89. The zero-order valence-electron chi connectivity index (χ0n) is 16.1. The molecule has 3 rings (SSSR count). The first-order valence-corrected chi connectivity index (χ1v) is 10.8. The SMILES string of the molecule is CCC[C@H]1CC[C@H]([C@H]2CC[C@H](CCc3ccc(C#N)cc3)CC2)CC1. The number of nitriles is 1. The van der Waals surface area contributed by atoms with Crippen LogP contribution in [0.2, 0.25) is 0 Å². The predicted molar refractivity (Wildman–Crippen MR) is 105 cm³/mol. The van der Waals surface area contributed by atoms with Crippen LogP contribution in [0.25, 0.3) is 0 Å². The van der Waals surface area contributed by atoms with E-state index in [0.717, 1.165) is 29.2 Å². The van der Waals surface area contributed by atoms with Crippen LogP contribution in [0.5, 0.6) is 0 Å². The Bertz CT molecular complexity index is 536. The maximum absolute atomic E-state index is 8.89. The second-order valence-corrected chi connectivity index (χ2v) is 8.70. The van der Waals surface area contributed by atoms with E-state index < -0.39 is 0 Å². The zero-order valence-corrected chi connectivity index (χ0v) is 16.1. The van der Waals surface area contributed by atoms with Gasteiger partial charge in [-0.2, -0.15) is 5.26 Å². The van der Waals surface area contributed by atoms with Crippen molar-refractivity contribution < 1.29 is 0 Å². The molecule has 25 heavy (non-hydrogen) atoms. The van der Waals surface area contributed by atoms with E-state index in [9.17, 15) is 0 Å². The second-order valence-electron chi connectivity index (χ2n) is 8.70. The Balaban J connectivity index is 1.36. The summed E-state index contributed by atoms with van der Waals surface area (Å²) in [5.41, 5.74) is 2.17. The quantitative estimate of drug-likeness (QED) is 0.553. The minimum atomic E-state index is 0.776. The monoisotopic (exact) mass is 337 g/mol. The van der Waals surface area contributed by atoms with Gasteiger partial charge in [-0.05, 0) is 79.9 Å². The summed E-state index contributed by atoms with van der Waals surface area (Å²) < 4.78 is 0. The molecular formula is C24H35N. The summed E-state index contributed by atoms with van der Waals surface area (Å²) in [7, 11) is 0. The van der Waals surface area contributed by atoms with Crippen LogP contribution in [-0.2, 0) is 6.42 Å². The lowest BCUT2D eigenvalue weighted by Gasteiger charge is -2.38. The number of hydrogen-bond donors (Lipinski definition) is 0. The van der Waals surface area contributed by atoms with Crippen molar-refractivity contribution >= 4 is 0 Å². The summed E-state index contributed by atoms with van der Waals surface area (Å²) in [6.07, 6.45) is 17.3. The van der Waals surface area contributed by atoms with Gasteiger partial charge in [0.25, 0.3) is 0 Å². The minimum absolute atomic E-state index is 0.776. The number of rotatable bonds is 6. The molecule has 1 nitrogen and oxygen atoms in total. The van der Waals surface area contributed by atoms with Crippen LogP contribution >= 0.6 is 0 Å². The summed E-state index contributed by atoms with van der Waals surface area (Å²) in [4.78, 5) is 0. The lowest BCUT2D eigenvalue weighted by molar-refractivity contribution is 0.141. The highest BCUT2D eigenvalue weighted by Crippen LogP contribution is 2.42. The van der Waals surface area contributed by atoms with Crippen molar-refractivity contribution in [1.29, 1.82) is 5.26 Å². The summed E-state index contributed by atoms with van der Waals surface area (Å²) in [6.45, 7) is 2.34. The fourth-order valence-electron chi connectivity index (χ4n) is 5.42. The van der Waals surface area contributed by atoms with Crippen molar-refractivity contribution in [2.45, 2.75) is 84.0 Å². The zero-order chi connectivity index (χ0) is 17.5. The van der Waals surface area contributed by atoms with E-state index >= 15 is 0 Å². The molecule has 136 valence electrons. The summed E-state index contributed by atoms with van der Waals surface area (Å²) >= 11 is 0. The van der Waals surface area contributed by atoms with E-state index in [0.29, 0.717) is 0 Å².